The Labute approximate surface area is 147 Å². The van der Waals surface area contributed by atoms with Gasteiger partial charge in [-0.2, -0.15) is 0 Å². The van der Waals surface area contributed by atoms with Crippen molar-refractivity contribution in [1.29, 1.82) is 0 Å². The van der Waals surface area contributed by atoms with Crippen LogP contribution in [0.5, 0.6) is 0 Å². The van der Waals surface area contributed by atoms with Crippen LogP contribution in [-0.2, 0) is 9.84 Å². The fraction of sp³-hybridized carbons (Fsp3) is 0.316. The predicted octanol–water partition coefficient (Wildman–Crippen LogP) is 4.62. The van der Waals surface area contributed by atoms with E-state index in [2.05, 4.69) is 17.1 Å². The second-order valence-electron chi connectivity index (χ2n) is 6.97. The van der Waals surface area contributed by atoms with Crippen molar-refractivity contribution < 1.29 is 8.42 Å². The SMILES string of the molecule is CS(=O)(=O)c1ccc(C2=C(c3ccc(Cl)cc3)CC3(CC3)C2)cn1. The highest BCUT2D eigenvalue weighted by Gasteiger charge is 2.48. The Morgan fingerprint density at radius 3 is 2.04 bits per heavy atom. The van der Waals surface area contributed by atoms with Gasteiger partial charge in [-0.15, -0.1) is 0 Å². The van der Waals surface area contributed by atoms with Crippen LogP contribution in [0, 0.1) is 5.41 Å². The number of halogens is 1. The lowest BCUT2D eigenvalue weighted by atomic mass is 9.98. The van der Waals surface area contributed by atoms with Gasteiger partial charge in [0.2, 0.25) is 0 Å². The molecule has 0 amide bonds. The Bertz CT molecular complexity index is 924. The molecule has 1 aromatic carbocycles. The van der Waals surface area contributed by atoms with Crippen LogP contribution in [0.1, 0.15) is 36.8 Å². The molecule has 1 saturated carbocycles. The molecule has 2 aromatic rings. The van der Waals surface area contributed by atoms with Gasteiger partial charge in [-0.05, 0) is 71.6 Å². The molecule has 2 aliphatic carbocycles. The predicted molar refractivity (Wildman–Crippen MR) is 96.5 cm³/mol. The van der Waals surface area contributed by atoms with E-state index in [0.717, 1.165) is 23.4 Å². The van der Waals surface area contributed by atoms with Gasteiger partial charge in [-0.1, -0.05) is 29.8 Å². The number of hydrogen-bond donors (Lipinski definition) is 0. The van der Waals surface area contributed by atoms with Gasteiger partial charge in [0.1, 0.15) is 0 Å². The Balaban J connectivity index is 1.77. The van der Waals surface area contributed by atoms with Crippen molar-refractivity contribution >= 4 is 32.6 Å². The van der Waals surface area contributed by atoms with Gasteiger partial charge < -0.3 is 0 Å². The Morgan fingerprint density at radius 2 is 1.54 bits per heavy atom. The monoisotopic (exact) mass is 359 g/mol. The van der Waals surface area contributed by atoms with Gasteiger partial charge in [0.15, 0.2) is 14.9 Å². The van der Waals surface area contributed by atoms with Crippen molar-refractivity contribution in [2.24, 2.45) is 5.41 Å². The van der Waals surface area contributed by atoms with Crippen molar-refractivity contribution in [2.45, 2.75) is 30.7 Å². The molecular weight excluding hydrogens is 342 g/mol. The number of aromatic nitrogens is 1. The van der Waals surface area contributed by atoms with E-state index in [1.165, 1.54) is 35.8 Å². The lowest BCUT2D eigenvalue weighted by molar-refractivity contribution is 0.568. The smallest absolute Gasteiger partial charge is 0.192 e. The molecule has 0 aliphatic heterocycles. The molecule has 0 N–H and O–H groups in total. The van der Waals surface area contributed by atoms with Crippen molar-refractivity contribution in [3.05, 3.63) is 58.7 Å². The summed E-state index contributed by atoms with van der Waals surface area (Å²) in [5, 5.41) is 0.859. The molecule has 2 aliphatic rings. The molecular formula is C19H18ClNO2S. The van der Waals surface area contributed by atoms with E-state index in [1.807, 2.05) is 18.2 Å². The second-order valence-corrected chi connectivity index (χ2v) is 9.37. The van der Waals surface area contributed by atoms with Gasteiger partial charge in [0.05, 0.1) is 0 Å². The Hall–Kier alpha value is -1.65. The van der Waals surface area contributed by atoms with Crippen LogP contribution < -0.4 is 0 Å². The summed E-state index contributed by atoms with van der Waals surface area (Å²) in [6, 6.07) is 11.5. The van der Waals surface area contributed by atoms with Gasteiger partial charge in [-0.3, -0.25) is 0 Å². The van der Waals surface area contributed by atoms with Gasteiger partial charge >= 0.3 is 0 Å². The van der Waals surface area contributed by atoms with E-state index in [0.29, 0.717) is 5.41 Å². The highest BCUT2D eigenvalue weighted by Crippen LogP contribution is 2.63. The zero-order valence-electron chi connectivity index (χ0n) is 13.4. The first-order chi connectivity index (χ1) is 11.4. The molecule has 1 fully saturated rings. The summed E-state index contributed by atoms with van der Waals surface area (Å²) < 4.78 is 23.2. The number of hydrogen-bond acceptors (Lipinski definition) is 3. The number of nitrogens with zero attached hydrogens (tertiary/aromatic N) is 1. The van der Waals surface area contributed by atoms with Gasteiger partial charge in [-0.25, -0.2) is 13.4 Å². The zero-order chi connectivity index (χ0) is 16.9. The summed E-state index contributed by atoms with van der Waals surface area (Å²) in [6.45, 7) is 0. The molecule has 1 spiro atoms. The molecule has 3 nitrogen and oxygen atoms in total. The Kier molecular flexibility index (Phi) is 3.59. The fourth-order valence-electron chi connectivity index (χ4n) is 3.54. The van der Waals surface area contributed by atoms with Gasteiger partial charge in [0, 0.05) is 17.5 Å². The molecule has 0 saturated heterocycles. The average Bonchev–Trinajstić information content (AvgIpc) is 3.19. The average molecular weight is 360 g/mol. The Morgan fingerprint density at radius 1 is 0.958 bits per heavy atom. The van der Waals surface area contributed by atoms with E-state index in [9.17, 15) is 8.42 Å². The normalized spacial score (nSPS) is 19.1. The van der Waals surface area contributed by atoms with Crippen molar-refractivity contribution in [3.63, 3.8) is 0 Å². The first-order valence-electron chi connectivity index (χ1n) is 8.01. The molecule has 5 heteroatoms. The quantitative estimate of drug-likeness (QED) is 0.803. The minimum absolute atomic E-state index is 0.124. The zero-order valence-corrected chi connectivity index (χ0v) is 15.0. The molecule has 24 heavy (non-hydrogen) atoms. The molecule has 0 radical (unpaired) electrons. The lowest BCUT2D eigenvalue weighted by Gasteiger charge is -2.09. The van der Waals surface area contributed by atoms with Crippen LogP contribution in [-0.4, -0.2) is 19.7 Å². The molecule has 4 rings (SSSR count). The maximum Gasteiger partial charge on any atom is 0.192 e. The van der Waals surface area contributed by atoms with Crippen molar-refractivity contribution in [1.82, 2.24) is 4.98 Å². The first-order valence-corrected chi connectivity index (χ1v) is 10.3. The fourth-order valence-corrected chi connectivity index (χ4v) is 4.22. The summed E-state index contributed by atoms with van der Waals surface area (Å²) in [5.41, 5.74) is 5.28. The summed E-state index contributed by atoms with van der Waals surface area (Å²) in [5.74, 6) is 0. The number of benzene rings is 1. The third kappa shape index (κ3) is 2.89. The maximum absolute atomic E-state index is 11.6. The number of rotatable bonds is 3. The minimum atomic E-state index is -3.27. The summed E-state index contributed by atoms with van der Waals surface area (Å²) >= 11 is 6.02. The standard InChI is InChI=1S/C19H18ClNO2S/c1-24(22,23)18-7-4-14(12-21-18)17-11-19(8-9-19)10-16(17)13-2-5-15(20)6-3-13/h2-7,12H,8-11H2,1H3. The van der Waals surface area contributed by atoms with Crippen LogP contribution in [0.4, 0.5) is 0 Å². The molecule has 124 valence electrons. The molecule has 1 aromatic heterocycles. The number of sulfone groups is 1. The van der Waals surface area contributed by atoms with E-state index in [1.54, 1.807) is 12.3 Å². The van der Waals surface area contributed by atoms with E-state index >= 15 is 0 Å². The van der Waals surface area contributed by atoms with Gasteiger partial charge in [0.25, 0.3) is 0 Å². The van der Waals surface area contributed by atoms with Crippen LogP contribution >= 0.6 is 11.6 Å². The topological polar surface area (TPSA) is 47.0 Å². The lowest BCUT2D eigenvalue weighted by Crippen LogP contribution is -2.00. The first kappa shape index (κ1) is 15.9. The second kappa shape index (κ2) is 5.43. The summed E-state index contributed by atoms with van der Waals surface area (Å²) in [7, 11) is -3.27. The van der Waals surface area contributed by atoms with E-state index in [-0.39, 0.29) is 5.03 Å². The highest BCUT2D eigenvalue weighted by atomic mass is 35.5. The molecule has 1 heterocycles. The number of allylic oxidation sites excluding steroid dienone is 2. The molecule has 0 bridgehead atoms. The maximum atomic E-state index is 11.6. The van der Waals surface area contributed by atoms with Crippen LogP contribution in [0.15, 0.2) is 47.6 Å². The number of pyridine rings is 1. The van der Waals surface area contributed by atoms with Crippen LogP contribution in [0.3, 0.4) is 0 Å². The molecule has 0 atom stereocenters. The molecule has 0 unspecified atom stereocenters. The van der Waals surface area contributed by atoms with E-state index in [4.69, 9.17) is 11.6 Å². The third-order valence-electron chi connectivity index (χ3n) is 5.08. The highest BCUT2D eigenvalue weighted by molar-refractivity contribution is 7.90. The van der Waals surface area contributed by atoms with Crippen LogP contribution in [0.25, 0.3) is 11.1 Å². The largest absolute Gasteiger partial charge is 0.244 e. The minimum Gasteiger partial charge on any atom is -0.244 e. The summed E-state index contributed by atoms with van der Waals surface area (Å²) in [4.78, 5) is 4.16. The summed E-state index contributed by atoms with van der Waals surface area (Å²) in [6.07, 6.45) is 7.54. The van der Waals surface area contributed by atoms with Crippen molar-refractivity contribution in [3.8, 4) is 0 Å². The van der Waals surface area contributed by atoms with Crippen molar-refractivity contribution in [2.75, 3.05) is 6.26 Å². The third-order valence-corrected chi connectivity index (χ3v) is 6.34. The van der Waals surface area contributed by atoms with E-state index < -0.39 is 9.84 Å². The van der Waals surface area contributed by atoms with Crippen LogP contribution in [0.2, 0.25) is 5.02 Å².